The van der Waals surface area contributed by atoms with Gasteiger partial charge in [0.25, 0.3) is 0 Å². The second-order valence-electron chi connectivity index (χ2n) is 8.17. The van der Waals surface area contributed by atoms with Gasteiger partial charge in [-0.15, -0.1) is 0 Å². The van der Waals surface area contributed by atoms with Crippen LogP contribution in [0.4, 0.5) is 4.39 Å². The number of benzene rings is 4. The van der Waals surface area contributed by atoms with Crippen LogP contribution in [0.15, 0.2) is 131 Å². The Morgan fingerprint density at radius 2 is 0.972 bits per heavy atom. The molecule has 0 aromatic heterocycles. The zero-order valence-electron chi connectivity index (χ0n) is 19.1. The lowest BCUT2D eigenvalue weighted by Gasteiger charge is -2.33. The minimum absolute atomic E-state index is 0.0725. The highest BCUT2D eigenvalue weighted by molar-refractivity contribution is 8.10. The molecule has 0 aliphatic rings. The summed E-state index contributed by atoms with van der Waals surface area (Å²) in [5.74, 6) is -2.44. The number of hydrogen-bond donors (Lipinski definition) is 0. The number of sulfone groups is 2. The van der Waals surface area contributed by atoms with Crippen LogP contribution in [0, 0.1) is 0 Å². The molecule has 0 aliphatic carbocycles. The monoisotopic (exact) mass is 522 g/mol. The largest absolute Gasteiger partial charge is 0.324 e. The SMILES string of the molecule is O=C(CC(c1ccccc1)C(F)(S(=O)(=O)c1ccccc1)S(=O)(=O)c1ccccc1)c1ccccc1. The molecule has 0 saturated carbocycles. The summed E-state index contributed by atoms with van der Waals surface area (Å²) < 4.78 is 69.5. The van der Waals surface area contributed by atoms with E-state index in [9.17, 15) is 21.6 Å². The molecule has 36 heavy (non-hydrogen) atoms. The molecular formula is C28H23FO5S2. The van der Waals surface area contributed by atoms with Gasteiger partial charge in [-0.25, -0.2) is 21.2 Å². The molecule has 4 aromatic rings. The predicted octanol–water partition coefficient (Wildman–Crippen LogP) is 5.61. The van der Waals surface area contributed by atoms with E-state index < -0.39 is 51.9 Å². The Hall–Kier alpha value is -3.62. The molecule has 4 aromatic carbocycles. The summed E-state index contributed by atoms with van der Waals surface area (Å²) in [5.41, 5.74) is 0.290. The van der Waals surface area contributed by atoms with Crippen LogP contribution in [0.2, 0.25) is 0 Å². The third kappa shape index (κ3) is 4.50. The first-order valence-corrected chi connectivity index (χ1v) is 14.1. The fraction of sp³-hybridized carbons (Fsp3) is 0.107. The van der Waals surface area contributed by atoms with E-state index in [1.54, 1.807) is 36.4 Å². The first-order valence-electron chi connectivity index (χ1n) is 11.1. The minimum atomic E-state index is -5.19. The molecule has 5 nitrogen and oxygen atoms in total. The maximum Gasteiger partial charge on any atom is 0.324 e. The highest BCUT2D eigenvalue weighted by atomic mass is 32.3. The molecule has 0 aliphatic heterocycles. The molecule has 1 unspecified atom stereocenters. The van der Waals surface area contributed by atoms with Crippen molar-refractivity contribution in [3.63, 3.8) is 0 Å². The van der Waals surface area contributed by atoms with Gasteiger partial charge in [-0.3, -0.25) is 4.79 Å². The third-order valence-corrected chi connectivity index (χ3v) is 11.1. The van der Waals surface area contributed by atoms with Crippen LogP contribution in [0.1, 0.15) is 28.3 Å². The van der Waals surface area contributed by atoms with Gasteiger partial charge in [0.15, 0.2) is 5.78 Å². The zero-order valence-corrected chi connectivity index (χ0v) is 20.7. The van der Waals surface area contributed by atoms with Crippen molar-refractivity contribution in [1.29, 1.82) is 0 Å². The van der Waals surface area contributed by atoms with Crippen molar-refractivity contribution in [1.82, 2.24) is 0 Å². The third-order valence-electron chi connectivity index (χ3n) is 5.94. The molecule has 1 atom stereocenters. The van der Waals surface area contributed by atoms with Gasteiger partial charge in [-0.05, 0) is 29.8 Å². The molecule has 4 rings (SSSR count). The number of halogens is 1. The average Bonchev–Trinajstić information content (AvgIpc) is 2.93. The van der Waals surface area contributed by atoms with Crippen molar-refractivity contribution in [2.24, 2.45) is 0 Å². The molecular weight excluding hydrogens is 499 g/mol. The van der Waals surface area contributed by atoms with Gasteiger partial charge in [0.1, 0.15) is 0 Å². The number of rotatable bonds is 9. The van der Waals surface area contributed by atoms with Crippen LogP contribution >= 0.6 is 0 Å². The Bertz CT molecular complexity index is 1470. The molecule has 0 saturated heterocycles. The molecule has 8 heteroatoms. The van der Waals surface area contributed by atoms with Crippen LogP contribution in [-0.4, -0.2) is 27.0 Å². The first-order chi connectivity index (χ1) is 17.2. The van der Waals surface area contributed by atoms with Gasteiger partial charge in [-0.2, -0.15) is 0 Å². The maximum atomic E-state index is 17.6. The number of carbonyl (C=O) groups is 1. The van der Waals surface area contributed by atoms with E-state index in [2.05, 4.69) is 0 Å². The van der Waals surface area contributed by atoms with E-state index in [1.165, 1.54) is 60.7 Å². The number of hydrogen-bond acceptors (Lipinski definition) is 5. The van der Waals surface area contributed by atoms with Crippen molar-refractivity contribution in [3.05, 3.63) is 132 Å². The van der Waals surface area contributed by atoms with Crippen LogP contribution in [-0.2, 0) is 19.7 Å². The Kier molecular flexibility index (Phi) is 7.19. The zero-order chi connectivity index (χ0) is 25.8. The molecule has 0 N–H and O–H groups in total. The highest BCUT2D eigenvalue weighted by Gasteiger charge is 2.63. The van der Waals surface area contributed by atoms with Crippen molar-refractivity contribution in [3.8, 4) is 0 Å². The number of carbonyl (C=O) groups excluding carboxylic acids is 1. The minimum Gasteiger partial charge on any atom is -0.294 e. The summed E-state index contributed by atoms with van der Waals surface area (Å²) in [6.45, 7) is 0. The summed E-state index contributed by atoms with van der Waals surface area (Å²) in [6, 6.07) is 28.7. The van der Waals surface area contributed by atoms with Gasteiger partial charge >= 0.3 is 4.33 Å². The second kappa shape index (κ2) is 10.2. The Morgan fingerprint density at radius 3 is 1.39 bits per heavy atom. The second-order valence-corrected chi connectivity index (χ2v) is 12.6. The normalized spacial score (nSPS) is 13.1. The molecule has 184 valence electrons. The van der Waals surface area contributed by atoms with E-state index >= 15 is 4.39 Å². The molecule has 0 amide bonds. The van der Waals surface area contributed by atoms with Gasteiger partial charge in [0.05, 0.1) is 15.7 Å². The molecule has 0 fully saturated rings. The van der Waals surface area contributed by atoms with E-state index in [0.717, 1.165) is 24.3 Å². The van der Waals surface area contributed by atoms with Crippen molar-refractivity contribution in [2.75, 3.05) is 0 Å². The smallest absolute Gasteiger partial charge is 0.294 e. The Balaban J connectivity index is 2.01. The first kappa shape index (κ1) is 25.5. The lowest BCUT2D eigenvalue weighted by molar-refractivity contribution is 0.0960. The lowest BCUT2D eigenvalue weighted by Crippen LogP contribution is -2.48. The predicted molar refractivity (Wildman–Crippen MR) is 136 cm³/mol. The van der Waals surface area contributed by atoms with Gasteiger partial charge < -0.3 is 0 Å². The maximum absolute atomic E-state index is 17.6. The standard InChI is InChI=1S/C28H23FO5S2/c29-28(35(31,32)24-17-9-3-10-18-24,36(33,34)25-19-11-4-12-20-25)26(22-13-5-1-6-14-22)21-27(30)23-15-7-2-8-16-23/h1-20,26H,21H2. The van der Waals surface area contributed by atoms with Gasteiger partial charge in [0, 0.05) is 12.0 Å². The topological polar surface area (TPSA) is 85.3 Å². The van der Waals surface area contributed by atoms with Gasteiger partial charge in [0.2, 0.25) is 19.7 Å². The summed E-state index contributed by atoms with van der Waals surface area (Å²) in [7, 11) is -10.4. The highest BCUT2D eigenvalue weighted by Crippen LogP contribution is 2.48. The summed E-state index contributed by atoms with van der Waals surface area (Å²) in [4.78, 5) is 12.2. The van der Waals surface area contributed by atoms with Crippen molar-refractivity contribution < 1.29 is 26.0 Å². The van der Waals surface area contributed by atoms with Gasteiger partial charge in [-0.1, -0.05) is 97.1 Å². The van der Waals surface area contributed by atoms with Crippen molar-refractivity contribution >= 4 is 25.5 Å². The number of Topliss-reactive ketones (excluding diaryl/α,β-unsaturated/α-hetero) is 1. The van der Waals surface area contributed by atoms with Crippen LogP contribution in [0.5, 0.6) is 0 Å². The van der Waals surface area contributed by atoms with Crippen LogP contribution in [0.25, 0.3) is 0 Å². The fourth-order valence-corrected chi connectivity index (χ4v) is 8.69. The summed E-state index contributed by atoms with van der Waals surface area (Å²) in [6.07, 6.45) is -0.692. The summed E-state index contributed by atoms with van der Waals surface area (Å²) >= 11 is 0. The lowest BCUT2D eigenvalue weighted by atomic mass is 9.92. The van der Waals surface area contributed by atoms with E-state index in [0.29, 0.717) is 0 Å². The summed E-state index contributed by atoms with van der Waals surface area (Å²) in [5, 5.41) is 0. The van der Waals surface area contributed by atoms with E-state index in [-0.39, 0.29) is 11.1 Å². The van der Waals surface area contributed by atoms with Crippen LogP contribution in [0.3, 0.4) is 0 Å². The molecule has 0 heterocycles. The average molecular weight is 523 g/mol. The number of alkyl halides is 1. The molecule has 0 radical (unpaired) electrons. The fourth-order valence-electron chi connectivity index (χ4n) is 4.09. The van der Waals surface area contributed by atoms with Crippen molar-refractivity contribution in [2.45, 2.75) is 26.5 Å². The number of ketones is 1. The quantitative estimate of drug-likeness (QED) is 0.267. The van der Waals surface area contributed by atoms with E-state index in [1.807, 2.05) is 0 Å². The Labute approximate surface area is 210 Å². The molecule has 0 spiro atoms. The Morgan fingerprint density at radius 1 is 0.611 bits per heavy atom. The van der Waals surface area contributed by atoms with Crippen LogP contribution < -0.4 is 0 Å². The molecule has 0 bridgehead atoms. The van der Waals surface area contributed by atoms with E-state index in [4.69, 9.17) is 0 Å².